The van der Waals surface area contributed by atoms with Crippen molar-refractivity contribution in [3.8, 4) is 0 Å². The molecule has 1 aromatic carbocycles. The zero-order chi connectivity index (χ0) is 17.1. The van der Waals surface area contributed by atoms with Crippen molar-refractivity contribution in [2.45, 2.75) is 25.8 Å². The van der Waals surface area contributed by atoms with E-state index in [2.05, 4.69) is 21.5 Å². The highest BCUT2D eigenvalue weighted by atomic mass is 35.5. The van der Waals surface area contributed by atoms with Crippen molar-refractivity contribution in [3.63, 3.8) is 0 Å². The summed E-state index contributed by atoms with van der Waals surface area (Å²) in [5.74, 6) is 0.565. The lowest BCUT2D eigenvalue weighted by molar-refractivity contribution is -0.120. The first kappa shape index (κ1) is 17.0. The monoisotopic (exact) mass is 346 g/mol. The molecule has 1 aromatic heterocycles. The number of hydrogen-bond donors (Lipinski definition) is 1. The topological polar surface area (TPSA) is 50.2 Å². The molecule has 0 radical (unpaired) electrons. The molecule has 24 heavy (non-hydrogen) atoms. The van der Waals surface area contributed by atoms with Crippen LogP contribution in [-0.2, 0) is 18.3 Å². The number of nitrogens with zero attached hydrogens (tertiary/aromatic N) is 3. The smallest absolute Gasteiger partial charge is 0.241 e. The number of nitrogens with one attached hydrogen (secondary N) is 1. The van der Waals surface area contributed by atoms with Gasteiger partial charge >= 0.3 is 0 Å². The van der Waals surface area contributed by atoms with Gasteiger partial charge in [0.2, 0.25) is 5.91 Å². The molecule has 2 heterocycles. The van der Waals surface area contributed by atoms with Gasteiger partial charge in [-0.15, -0.1) is 0 Å². The minimum atomic E-state index is -0.167. The van der Waals surface area contributed by atoms with Crippen LogP contribution in [0.1, 0.15) is 18.9 Å². The zero-order valence-corrected chi connectivity index (χ0v) is 14.8. The summed E-state index contributed by atoms with van der Waals surface area (Å²) in [4.78, 5) is 14.7. The average Bonchev–Trinajstić information content (AvgIpc) is 3.18. The number of carbonyl (C=O) groups excluding carboxylic acids is 1. The molecule has 128 valence electrons. The van der Waals surface area contributed by atoms with Crippen LogP contribution < -0.4 is 5.32 Å². The lowest BCUT2D eigenvalue weighted by Gasteiger charge is -2.23. The van der Waals surface area contributed by atoms with Crippen molar-refractivity contribution < 1.29 is 4.79 Å². The number of likely N-dealkylation sites (tertiary alicyclic amines) is 1. The summed E-state index contributed by atoms with van der Waals surface area (Å²) >= 11 is 6.11. The van der Waals surface area contributed by atoms with E-state index in [0.29, 0.717) is 16.6 Å². The van der Waals surface area contributed by atoms with E-state index in [-0.39, 0.29) is 11.9 Å². The predicted octanol–water partition coefficient (Wildman–Crippen LogP) is 2.97. The van der Waals surface area contributed by atoms with Crippen LogP contribution in [-0.4, -0.2) is 39.7 Å². The van der Waals surface area contributed by atoms with Gasteiger partial charge in [0.1, 0.15) is 0 Å². The molecule has 5 nitrogen and oxygen atoms in total. The molecule has 1 fully saturated rings. The first-order valence-corrected chi connectivity index (χ1v) is 8.67. The SMILES string of the molecule is CC(C(=O)Nc1ccccc1Cl)N1CCC(Cc2cnn(C)c2)C1. The van der Waals surface area contributed by atoms with E-state index in [0.717, 1.165) is 25.9 Å². The first-order chi connectivity index (χ1) is 11.5. The third-order valence-electron chi connectivity index (χ3n) is 4.66. The molecular formula is C18H23ClN4O. The average molecular weight is 347 g/mol. The maximum Gasteiger partial charge on any atom is 0.241 e. The Kier molecular flexibility index (Phi) is 5.21. The van der Waals surface area contributed by atoms with Crippen molar-refractivity contribution >= 4 is 23.2 Å². The molecule has 2 unspecified atom stereocenters. The summed E-state index contributed by atoms with van der Waals surface area (Å²) in [5, 5.41) is 7.72. The van der Waals surface area contributed by atoms with Crippen LogP contribution in [0.4, 0.5) is 5.69 Å². The number of para-hydroxylation sites is 1. The molecule has 0 aliphatic carbocycles. The van der Waals surface area contributed by atoms with Crippen LogP contribution in [0.5, 0.6) is 0 Å². The number of anilines is 1. The van der Waals surface area contributed by atoms with Crippen LogP contribution in [0.2, 0.25) is 5.02 Å². The van der Waals surface area contributed by atoms with Crippen LogP contribution in [0.25, 0.3) is 0 Å². The number of rotatable bonds is 5. The highest BCUT2D eigenvalue weighted by Crippen LogP contribution is 2.24. The molecule has 1 N–H and O–H groups in total. The van der Waals surface area contributed by atoms with Crippen LogP contribution >= 0.6 is 11.6 Å². The van der Waals surface area contributed by atoms with Gasteiger partial charge in [0.15, 0.2) is 0 Å². The molecule has 1 aliphatic heterocycles. The van der Waals surface area contributed by atoms with Gasteiger partial charge in [0.25, 0.3) is 0 Å². The number of halogens is 1. The molecule has 0 bridgehead atoms. The summed E-state index contributed by atoms with van der Waals surface area (Å²) in [5.41, 5.74) is 1.93. The number of benzene rings is 1. The quantitative estimate of drug-likeness (QED) is 0.905. The van der Waals surface area contributed by atoms with Crippen LogP contribution in [0.15, 0.2) is 36.7 Å². The number of carbonyl (C=O) groups is 1. The normalized spacial score (nSPS) is 19.4. The second-order valence-corrected chi connectivity index (χ2v) is 6.93. The highest BCUT2D eigenvalue weighted by molar-refractivity contribution is 6.33. The summed E-state index contributed by atoms with van der Waals surface area (Å²) in [6.45, 7) is 3.84. The lowest BCUT2D eigenvalue weighted by atomic mass is 10.0. The number of amides is 1. The standard InChI is InChI=1S/C18H23ClN4O/c1-13(18(24)21-17-6-4-3-5-16(17)19)23-8-7-14(12-23)9-15-10-20-22(2)11-15/h3-6,10-11,13-14H,7-9,12H2,1-2H3,(H,21,24). The van der Waals surface area contributed by atoms with Gasteiger partial charge in [-0.1, -0.05) is 23.7 Å². The van der Waals surface area contributed by atoms with Crippen molar-refractivity contribution in [3.05, 3.63) is 47.2 Å². The maximum atomic E-state index is 12.5. The van der Waals surface area contributed by atoms with Gasteiger partial charge < -0.3 is 5.32 Å². The molecule has 2 aromatic rings. The fourth-order valence-electron chi connectivity index (χ4n) is 3.26. The number of hydrogen-bond acceptors (Lipinski definition) is 3. The molecular weight excluding hydrogens is 324 g/mol. The minimum Gasteiger partial charge on any atom is -0.323 e. The Labute approximate surface area is 147 Å². The van der Waals surface area contributed by atoms with Crippen molar-refractivity contribution in [1.29, 1.82) is 0 Å². The zero-order valence-electron chi connectivity index (χ0n) is 14.1. The van der Waals surface area contributed by atoms with E-state index >= 15 is 0 Å². The van der Waals surface area contributed by atoms with E-state index in [1.807, 2.05) is 43.0 Å². The van der Waals surface area contributed by atoms with E-state index in [1.54, 1.807) is 6.07 Å². The summed E-state index contributed by atoms with van der Waals surface area (Å²) in [6, 6.07) is 7.15. The van der Waals surface area contributed by atoms with Gasteiger partial charge in [-0.3, -0.25) is 14.4 Å². The Morgan fingerprint density at radius 3 is 2.96 bits per heavy atom. The van der Waals surface area contributed by atoms with E-state index in [1.165, 1.54) is 5.56 Å². The first-order valence-electron chi connectivity index (χ1n) is 8.30. The summed E-state index contributed by atoms with van der Waals surface area (Å²) < 4.78 is 1.84. The highest BCUT2D eigenvalue weighted by Gasteiger charge is 2.30. The molecule has 0 saturated carbocycles. The molecule has 1 aliphatic rings. The molecule has 0 spiro atoms. The Morgan fingerprint density at radius 2 is 2.25 bits per heavy atom. The van der Waals surface area contributed by atoms with Crippen molar-refractivity contribution in [2.75, 3.05) is 18.4 Å². The van der Waals surface area contributed by atoms with Gasteiger partial charge in [0.05, 0.1) is 22.9 Å². The molecule has 1 saturated heterocycles. The second kappa shape index (κ2) is 7.36. The Hall–Kier alpha value is -1.85. The Balaban J connectivity index is 1.55. The third kappa shape index (κ3) is 3.97. The summed E-state index contributed by atoms with van der Waals surface area (Å²) in [7, 11) is 1.94. The maximum absolute atomic E-state index is 12.5. The fraction of sp³-hybridized carbons (Fsp3) is 0.444. The van der Waals surface area contributed by atoms with E-state index in [9.17, 15) is 4.79 Å². The molecule has 1 amide bonds. The summed E-state index contributed by atoms with van der Waals surface area (Å²) in [6.07, 6.45) is 6.12. The Bertz CT molecular complexity index is 715. The predicted molar refractivity (Wildman–Crippen MR) is 96.1 cm³/mol. The van der Waals surface area contributed by atoms with E-state index < -0.39 is 0 Å². The molecule has 3 rings (SSSR count). The van der Waals surface area contributed by atoms with E-state index in [4.69, 9.17) is 11.6 Å². The molecule has 6 heteroatoms. The number of aryl methyl sites for hydroxylation is 1. The lowest BCUT2D eigenvalue weighted by Crippen LogP contribution is -2.40. The largest absolute Gasteiger partial charge is 0.323 e. The van der Waals surface area contributed by atoms with Gasteiger partial charge in [-0.05, 0) is 49.9 Å². The number of aromatic nitrogens is 2. The minimum absolute atomic E-state index is 0.00914. The van der Waals surface area contributed by atoms with Crippen LogP contribution in [0.3, 0.4) is 0 Å². The van der Waals surface area contributed by atoms with Gasteiger partial charge in [0, 0.05) is 19.8 Å². The van der Waals surface area contributed by atoms with Crippen molar-refractivity contribution in [2.24, 2.45) is 13.0 Å². The van der Waals surface area contributed by atoms with Crippen LogP contribution in [0, 0.1) is 5.92 Å². The third-order valence-corrected chi connectivity index (χ3v) is 4.99. The molecule has 2 atom stereocenters. The van der Waals surface area contributed by atoms with Crippen molar-refractivity contribution in [1.82, 2.24) is 14.7 Å². The Morgan fingerprint density at radius 1 is 1.46 bits per heavy atom. The van der Waals surface area contributed by atoms with Gasteiger partial charge in [-0.2, -0.15) is 5.10 Å². The van der Waals surface area contributed by atoms with Gasteiger partial charge in [-0.25, -0.2) is 0 Å². The second-order valence-electron chi connectivity index (χ2n) is 6.52. The fourth-order valence-corrected chi connectivity index (χ4v) is 3.44.